The molecule has 5 unspecified atom stereocenters. The van der Waals surface area contributed by atoms with Crippen molar-refractivity contribution in [2.24, 2.45) is 0 Å². The first-order valence-electron chi connectivity index (χ1n) is 39.1. The van der Waals surface area contributed by atoms with Crippen LogP contribution in [0.4, 0.5) is 0 Å². The molecule has 0 fully saturated rings. The number of hydrogen-bond acceptors (Lipinski definition) is 15. The third-order valence-corrected chi connectivity index (χ3v) is 17.7. The minimum atomic E-state index is -5.01. The fourth-order valence-electron chi connectivity index (χ4n) is 9.87. The molecular formula is C83H138O17P2. The topological polar surface area (TPSA) is 237 Å². The number of phosphoric acid groups is 2. The van der Waals surface area contributed by atoms with Gasteiger partial charge in [-0.2, -0.15) is 0 Å². The number of esters is 4. The molecule has 0 aliphatic rings. The molecule has 0 rings (SSSR count). The second-order valence-electron chi connectivity index (χ2n) is 25.5. The van der Waals surface area contributed by atoms with Gasteiger partial charge in [0.25, 0.3) is 0 Å². The summed E-state index contributed by atoms with van der Waals surface area (Å²) in [6.07, 6.45) is 84.2. The van der Waals surface area contributed by atoms with Crippen molar-refractivity contribution in [2.75, 3.05) is 39.6 Å². The molecule has 0 spiro atoms. The molecule has 0 heterocycles. The van der Waals surface area contributed by atoms with E-state index in [1.54, 1.807) is 0 Å². The molecule has 0 aliphatic carbocycles. The van der Waals surface area contributed by atoms with Crippen LogP contribution in [0.25, 0.3) is 0 Å². The summed E-state index contributed by atoms with van der Waals surface area (Å²) in [4.78, 5) is 72.9. The number of unbranched alkanes of at least 4 members (excludes halogenated alkanes) is 22. The van der Waals surface area contributed by atoms with Gasteiger partial charge in [-0.05, 0) is 154 Å². The minimum absolute atomic E-state index is 0.000451. The van der Waals surface area contributed by atoms with Gasteiger partial charge in [0.1, 0.15) is 19.3 Å². The largest absolute Gasteiger partial charge is 0.472 e. The number of phosphoric ester groups is 2. The molecule has 582 valence electrons. The van der Waals surface area contributed by atoms with Crippen molar-refractivity contribution in [3.05, 3.63) is 146 Å². The Balaban J connectivity index is 5.48. The molecule has 0 amide bonds. The van der Waals surface area contributed by atoms with E-state index < -0.39 is 97.5 Å². The number of carbonyl (C=O) groups is 4. The number of aliphatic hydroxyl groups is 1. The lowest BCUT2D eigenvalue weighted by molar-refractivity contribution is -0.161. The summed E-state index contributed by atoms with van der Waals surface area (Å²) in [5.74, 6) is -2.33. The van der Waals surface area contributed by atoms with E-state index >= 15 is 0 Å². The van der Waals surface area contributed by atoms with Gasteiger partial charge in [0.05, 0.1) is 26.4 Å². The van der Waals surface area contributed by atoms with Crippen LogP contribution >= 0.6 is 15.6 Å². The number of ether oxygens (including phenoxy) is 4. The molecule has 0 saturated carbocycles. The maximum Gasteiger partial charge on any atom is 0.472 e. The van der Waals surface area contributed by atoms with Crippen molar-refractivity contribution in [3.8, 4) is 0 Å². The Hall–Kier alpha value is -5.06. The summed E-state index contributed by atoms with van der Waals surface area (Å²) >= 11 is 0. The third kappa shape index (κ3) is 73.3. The highest BCUT2D eigenvalue weighted by Gasteiger charge is 2.30. The van der Waals surface area contributed by atoms with Crippen molar-refractivity contribution in [1.29, 1.82) is 0 Å². The second-order valence-corrected chi connectivity index (χ2v) is 28.4. The fraction of sp³-hybridized carbons (Fsp3) is 0.663. The van der Waals surface area contributed by atoms with Crippen LogP contribution in [0, 0.1) is 0 Å². The van der Waals surface area contributed by atoms with Gasteiger partial charge in [-0.15, -0.1) is 0 Å². The lowest BCUT2D eigenvalue weighted by atomic mass is 10.1. The molecule has 0 aromatic rings. The van der Waals surface area contributed by atoms with Crippen molar-refractivity contribution in [1.82, 2.24) is 0 Å². The number of allylic oxidation sites excluding steroid dienone is 24. The van der Waals surface area contributed by atoms with Gasteiger partial charge in [-0.3, -0.25) is 37.3 Å². The standard InChI is InChI=1S/C83H138O17P2/c1-5-9-13-17-21-25-29-33-36-38-41-45-48-52-56-60-64-68-81(86)94-74-79(100-83(88)70-66-62-58-54-50-46-42-39-37-34-30-26-22-18-14-10-6-2)76-98-102(91,92)96-72-77(84)71-95-101(89,90)97-75-78(99-82(87)69-65-61-57-53-49-43-32-28-24-20-16-12-8-4)73-93-80(85)67-63-59-55-51-47-44-40-35-31-27-23-19-15-11-7-3/h9-10,13-14,21-22,25-26,28,32-37,40-42,45-46,52,54,56,58,77-79,84H,5-8,11-12,15-20,23-24,27,29-31,38-39,43-44,47-51,53,55,57,59-76H2,1-4H3,(H,89,90)(H,91,92)/b13-9-,14-10-,25-21-,26-22-,32-28-,36-33-,37-34-,40-35-,45-41-,46-42-,56-52-,58-54-. The summed E-state index contributed by atoms with van der Waals surface area (Å²) in [6.45, 7) is 4.47. The zero-order chi connectivity index (χ0) is 74.6. The van der Waals surface area contributed by atoms with Crippen molar-refractivity contribution < 1.29 is 80.2 Å². The van der Waals surface area contributed by atoms with Crippen LogP contribution in [0.2, 0.25) is 0 Å². The average Bonchev–Trinajstić information content (AvgIpc) is 0.959. The smallest absolute Gasteiger partial charge is 0.462 e. The molecule has 17 nitrogen and oxygen atoms in total. The molecule has 0 bridgehead atoms. The lowest BCUT2D eigenvalue weighted by Gasteiger charge is -2.21. The quantitative estimate of drug-likeness (QED) is 0.0169. The Morgan fingerprint density at radius 1 is 0.284 bits per heavy atom. The third-order valence-electron chi connectivity index (χ3n) is 15.8. The predicted octanol–water partition coefficient (Wildman–Crippen LogP) is 22.7. The highest BCUT2D eigenvalue weighted by molar-refractivity contribution is 7.47. The van der Waals surface area contributed by atoms with Crippen molar-refractivity contribution >= 4 is 39.5 Å². The number of hydrogen-bond donors (Lipinski definition) is 3. The Bertz CT molecular complexity index is 2510. The van der Waals surface area contributed by atoms with Crippen LogP contribution < -0.4 is 0 Å². The van der Waals surface area contributed by atoms with E-state index in [2.05, 4.69) is 149 Å². The molecule has 0 aromatic heterocycles. The van der Waals surface area contributed by atoms with Gasteiger partial charge in [-0.1, -0.05) is 263 Å². The molecule has 0 aliphatic heterocycles. The highest BCUT2D eigenvalue weighted by atomic mass is 31.2. The molecule has 19 heteroatoms. The van der Waals surface area contributed by atoms with Gasteiger partial charge in [0.2, 0.25) is 0 Å². The highest BCUT2D eigenvalue weighted by Crippen LogP contribution is 2.45. The molecular weight excluding hydrogens is 1330 g/mol. The summed E-state index contributed by atoms with van der Waals surface area (Å²) in [5, 5.41) is 10.6. The first-order chi connectivity index (χ1) is 49.7. The first kappa shape index (κ1) is 96.9. The zero-order valence-electron chi connectivity index (χ0n) is 63.5. The van der Waals surface area contributed by atoms with E-state index in [1.165, 1.54) is 64.2 Å². The predicted molar refractivity (Wildman–Crippen MR) is 417 cm³/mol. The van der Waals surface area contributed by atoms with E-state index in [9.17, 15) is 43.2 Å². The molecule has 0 aromatic carbocycles. The van der Waals surface area contributed by atoms with E-state index in [-0.39, 0.29) is 25.7 Å². The lowest BCUT2D eigenvalue weighted by Crippen LogP contribution is -2.30. The Kier molecular flexibility index (Phi) is 70.5. The van der Waals surface area contributed by atoms with Crippen molar-refractivity contribution in [3.63, 3.8) is 0 Å². The normalized spacial score (nSPS) is 14.7. The summed E-state index contributed by atoms with van der Waals surface area (Å²) in [7, 11) is -10.00. The summed E-state index contributed by atoms with van der Waals surface area (Å²) in [6, 6.07) is 0. The van der Waals surface area contributed by atoms with Crippen LogP contribution in [-0.2, 0) is 65.4 Å². The van der Waals surface area contributed by atoms with Gasteiger partial charge in [-0.25, -0.2) is 9.13 Å². The van der Waals surface area contributed by atoms with Crippen LogP contribution in [0.3, 0.4) is 0 Å². The molecule has 0 radical (unpaired) electrons. The van der Waals surface area contributed by atoms with Gasteiger partial charge in [0.15, 0.2) is 12.2 Å². The van der Waals surface area contributed by atoms with Gasteiger partial charge >= 0.3 is 39.5 Å². The molecule has 102 heavy (non-hydrogen) atoms. The van der Waals surface area contributed by atoms with Crippen LogP contribution in [0.5, 0.6) is 0 Å². The van der Waals surface area contributed by atoms with Gasteiger partial charge < -0.3 is 33.8 Å². The van der Waals surface area contributed by atoms with Crippen LogP contribution in [-0.4, -0.2) is 96.7 Å². The summed E-state index contributed by atoms with van der Waals surface area (Å²) in [5.41, 5.74) is 0. The molecule has 0 saturated heterocycles. The number of aliphatic hydroxyl groups excluding tert-OH is 1. The number of carbonyl (C=O) groups excluding carboxylic acids is 4. The van der Waals surface area contributed by atoms with Crippen LogP contribution in [0.15, 0.2) is 146 Å². The van der Waals surface area contributed by atoms with E-state index in [4.69, 9.17) is 37.0 Å². The van der Waals surface area contributed by atoms with E-state index in [1.807, 2.05) is 24.3 Å². The average molecular weight is 1470 g/mol. The van der Waals surface area contributed by atoms with E-state index in [0.29, 0.717) is 38.5 Å². The Labute approximate surface area is 617 Å². The van der Waals surface area contributed by atoms with Gasteiger partial charge in [0, 0.05) is 25.7 Å². The second kappa shape index (κ2) is 74.2. The first-order valence-corrected chi connectivity index (χ1v) is 42.1. The minimum Gasteiger partial charge on any atom is -0.462 e. The zero-order valence-corrected chi connectivity index (χ0v) is 65.3. The maximum absolute atomic E-state index is 13.1. The van der Waals surface area contributed by atoms with Crippen LogP contribution in [0.1, 0.15) is 297 Å². The Morgan fingerprint density at radius 3 is 0.853 bits per heavy atom. The summed E-state index contributed by atoms with van der Waals surface area (Å²) < 4.78 is 68.4. The van der Waals surface area contributed by atoms with Crippen molar-refractivity contribution in [2.45, 2.75) is 316 Å². The molecule has 3 N–H and O–H groups in total. The molecule has 5 atom stereocenters. The SMILES string of the molecule is CC/C=C\C/C=C\C/C=C\C/C=C\C/C=C\CCCC(=O)OCC(COP(=O)(O)OCC(O)COP(=O)(O)OCC(COC(=O)CCCCCCC/C=C\CCCCCCCC)OC(=O)CCCCCCC/C=C\CCCCCC)OC(=O)CCC/C=C\C/C=C\C/C=C\C/C=C\C/C=C\CC. The number of rotatable bonds is 72. The maximum atomic E-state index is 13.1. The van der Waals surface area contributed by atoms with E-state index in [0.717, 1.165) is 141 Å². The Morgan fingerprint density at radius 2 is 0.520 bits per heavy atom. The fourth-order valence-corrected chi connectivity index (χ4v) is 11.4. The monoisotopic (exact) mass is 1470 g/mol.